The molecule has 4 aromatic rings. The molecule has 1 N–H and O–H groups in total. The van der Waals surface area contributed by atoms with E-state index in [1.54, 1.807) is 6.07 Å². The molecule has 136 valence electrons. The van der Waals surface area contributed by atoms with Crippen LogP contribution in [-0.4, -0.2) is 32.2 Å². The van der Waals surface area contributed by atoms with E-state index in [1.165, 1.54) is 0 Å². The maximum absolute atomic E-state index is 12.3. The number of rotatable bonds is 6. The van der Waals surface area contributed by atoms with E-state index in [-0.39, 0.29) is 11.6 Å². The van der Waals surface area contributed by atoms with E-state index in [2.05, 4.69) is 20.7 Å². The summed E-state index contributed by atoms with van der Waals surface area (Å²) in [7, 11) is 0. The predicted octanol–water partition coefficient (Wildman–Crippen LogP) is 3.06. The highest BCUT2D eigenvalue weighted by molar-refractivity contribution is 5.93. The molecule has 7 nitrogen and oxygen atoms in total. The number of amides is 1. The number of pyridine rings is 1. The van der Waals surface area contributed by atoms with Crippen LogP contribution in [0.1, 0.15) is 28.3 Å². The van der Waals surface area contributed by atoms with Crippen molar-refractivity contribution in [2.45, 2.75) is 19.8 Å². The Hall–Kier alpha value is -3.48. The molecule has 0 radical (unpaired) electrons. The van der Waals surface area contributed by atoms with Gasteiger partial charge >= 0.3 is 0 Å². The summed E-state index contributed by atoms with van der Waals surface area (Å²) in [5.41, 5.74) is 3.16. The molecular weight excluding hydrogens is 342 g/mol. The van der Waals surface area contributed by atoms with Crippen molar-refractivity contribution in [3.8, 4) is 11.3 Å². The fraction of sp³-hybridized carbons (Fsp3) is 0.200. The second-order valence-electron chi connectivity index (χ2n) is 6.35. The van der Waals surface area contributed by atoms with Crippen LogP contribution in [0, 0.1) is 6.92 Å². The number of hydrogen-bond acceptors (Lipinski definition) is 5. The fourth-order valence-corrected chi connectivity index (χ4v) is 2.84. The smallest absolute Gasteiger partial charge is 0.273 e. The average molecular weight is 361 g/mol. The first-order valence-corrected chi connectivity index (χ1v) is 8.81. The summed E-state index contributed by atoms with van der Waals surface area (Å²) in [6.07, 6.45) is 3.41. The van der Waals surface area contributed by atoms with Crippen LogP contribution in [0.25, 0.3) is 17.0 Å². The maximum Gasteiger partial charge on any atom is 0.273 e. The van der Waals surface area contributed by atoms with Crippen LogP contribution in [0.2, 0.25) is 0 Å². The molecule has 27 heavy (non-hydrogen) atoms. The van der Waals surface area contributed by atoms with Gasteiger partial charge in [-0.05, 0) is 25.5 Å². The molecule has 0 aliphatic carbocycles. The van der Waals surface area contributed by atoms with Crippen LogP contribution in [-0.2, 0) is 6.42 Å². The first-order chi connectivity index (χ1) is 13.2. The van der Waals surface area contributed by atoms with Gasteiger partial charge in [0.05, 0.1) is 0 Å². The summed E-state index contributed by atoms with van der Waals surface area (Å²) in [4.78, 5) is 12.3. The minimum atomic E-state index is -0.247. The molecule has 1 amide bonds. The van der Waals surface area contributed by atoms with Crippen molar-refractivity contribution in [1.82, 2.24) is 25.1 Å². The highest BCUT2D eigenvalue weighted by Crippen LogP contribution is 2.20. The molecule has 0 bridgehead atoms. The van der Waals surface area contributed by atoms with Crippen molar-refractivity contribution >= 4 is 11.6 Å². The summed E-state index contributed by atoms with van der Waals surface area (Å²) in [5, 5.41) is 15.0. The molecule has 0 aliphatic rings. The Bertz CT molecular complexity index is 1070. The van der Waals surface area contributed by atoms with E-state index in [9.17, 15) is 4.79 Å². The Labute approximate surface area is 156 Å². The Kier molecular flexibility index (Phi) is 4.65. The lowest BCUT2D eigenvalue weighted by molar-refractivity contribution is 0.0944. The van der Waals surface area contributed by atoms with Crippen molar-refractivity contribution in [3.63, 3.8) is 0 Å². The zero-order valence-corrected chi connectivity index (χ0v) is 14.9. The molecule has 0 saturated heterocycles. The highest BCUT2D eigenvalue weighted by atomic mass is 16.5. The van der Waals surface area contributed by atoms with Gasteiger partial charge in [-0.3, -0.25) is 9.20 Å². The zero-order chi connectivity index (χ0) is 18.6. The van der Waals surface area contributed by atoms with Crippen LogP contribution >= 0.6 is 0 Å². The van der Waals surface area contributed by atoms with Gasteiger partial charge in [0.25, 0.3) is 5.91 Å². The Morgan fingerprint density at radius 1 is 1.15 bits per heavy atom. The Morgan fingerprint density at radius 2 is 2.00 bits per heavy atom. The summed E-state index contributed by atoms with van der Waals surface area (Å²) in [6.45, 7) is 2.54. The third-order valence-corrected chi connectivity index (χ3v) is 4.33. The van der Waals surface area contributed by atoms with Gasteiger partial charge in [-0.2, -0.15) is 0 Å². The molecule has 0 aliphatic heterocycles. The molecular formula is C20H19N5O2. The molecule has 0 atom stereocenters. The molecule has 7 heteroatoms. The monoisotopic (exact) mass is 361 g/mol. The van der Waals surface area contributed by atoms with Crippen molar-refractivity contribution in [2.75, 3.05) is 6.54 Å². The number of fused-ring (bicyclic) bond motifs is 1. The van der Waals surface area contributed by atoms with E-state index in [1.807, 2.05) is 60.0 Å². The van der Waals surface area contributed by atoms with Gasteiger partial charge in [-0.15, -0.1) is 10.2 Å². The predicted molar refractivity (Wildman–Crippen MR) is 100 cm³/mol. The lowest BCUT2D eigenvalue weighted by Crippen LogP contribution is -2.25. The first kappa shape index (κ1) is 17.0. The number of carbonyl (C=O) groups is 1. The van der Waals surface area contributed by atoms with E-state index >= 15 is 0 Å². The SMILES string of the molecule is Cc1ccc(-c2cc(C(=O)NCCCc3nnc4ccccn34)no2)cc1. The number of hydrogen-bond donors (Lipinski definition) is 1. The van der Waals surface area contributed by atoms with Gasteiger partial charge < -0.3 is 9.84 Å². The maximum atomic E-state index is 12.3. The third kappa shape index (κ3) is 3.72. The molecule has 3 heterocycles. The van der Waals surface area contributed by atoms with Gasteiger partial charge in [-0.25, -0.2) is 0 Å². The number of aromatic nitrogens is 4. The topological polar surface area (TPSA) is 85.3 Å². The van der Waals surface area contributed by atoms with Gasteiger partial charge in [0, 0.05) is 30.8 Å². The minimum absolute atomic E-state index is 0.247. The van der Waals surface area contributed by atoms with Gasteiger partial charge in [0.15, 0.2) is 17.1 Å². The zero-order valence-electron chi connectivity index (χ0n) is 14.9. The molecule has 3 aromatic heterocycles. The number of nitrogens with zero attached hydrogens (tertiary/aromatic N) is 4. The van der Waals surface area contributed by atoms with E-state index in [4.69, 9.17) is 4.52 Å². The van der Waals surface area contributed by atoms with Crippen LogP contribution in [0.15, 0.2) is 59.3 Å². The van der Waals surface area contributed by atoms with Crippen molar-refractivity contribution in [2.24, 2.45) is 0 Å². The molecule has 0 spiro atoms. The minimum Gasteiger partial charge on any atom is -0.355 e. The van der Waals surface area contributed by atoms with Crippen molar-refractivity contribution < 1.29 is 9.32 Å². The van der Waals surface area contributed by atoms with Crippen LogP contribution < -0.4 is 5.32 Å². The first-order valence-electron chi connectivity index (χ1n) is 8.81. The number of nitrogens with one attached hydrogen (secondary N) is 1. The van der Waals surface area contributed by atoms with Crippen LogP contribution in [0.4, 0.5) is 0 Å². The van der Waals surface area contributed by atoms with E-state index < -0.39 is 0 Å². The molecule has 1 aromatic carbocycles. The highest BCUT2D eigenvalue weighted by Gasteiger charge is 2.13. The number of benzene rings is 1. The van der Waals surface area contributed by atoms with Crippen LogP contribution in [0.5, 0.6) is 0 Å². The summed E-state index contributed by atoms with van der Waals surface area (Å²) in [6, 6.07) is 15.3. The van der Waals surface area contributed by atoms with Gasteiger partial charge in [-0.1, -0.05) is 41.1 Å². The lowest BCUT2D eigenvalue weighted by Gasteiger charge is -2.02. The number of aryl methyl sites for hydroxylation is 2. The Balaban J connectivity index is 1.31. The molecule has 0 unspecified atom stereocenters. The normalized spacial score (nSPS) is 11.0. The molecule has 4 rings (SSSR count). The fourth-order valence-electron chi connectivity index (χ4n) is 2.84. The summed E-state index contributed by atoms with van der Waals surface area (Å²) < 4.78 is 7.24. The average Bonchev–Trinajstić information content (AvgIpc) is 3.33. The second-order valence-corrected chi connectivity index (χ2v) is 6.35. The molecule has 0 saturated carbocycles. The van der Waals surface area contributed by atoms with E-state index in [0.29, 0.717) is 12.3 Å². The van der Waals surface area contributed by atoms with Crippen LogP contribution in [0.3, 0.4) is 0 Å². The van der Waals surface area contributed by atoms with Gasteiger partial charge in [0.1, 0.15) is 5.82 Å². The number of carbonyl (C=O) groups excluding carboxylic acids is 1. The van der Waals surface area contributed by atoms with Crippen molar-refractivity contribution in [3.05, 3.63) is 71.8 Å². The largest absolute Gasteiger partial charge is 0.355 e. The Morgan fingerprint density at radius 3 is 2.85 bits per heavy atom. The standard InChI is InChI=1S/C20H19N5O2/c1-14-7-9-15(10-8-14)17-13-16(24-27-17)20(26)21-11-4-6-19-23-22-18-5-2-3-12-25(18)19/h2-3,5,7-10,12-13H,4,6,11H2,1H3,(H,21,26). The summed E-state index contributed by atoms with van der Waals surface area (Å²) in [5.74, 6) is 1.21. The van der Waals surface area contributed by atoms with E-state index in [0.717, 1.165) is 35.4 Å². The quantitative estimate of drug-likeness (QED) is 0.534. The lowest BCUT2D eigenvalue weighted by atomic mass is 10.1. The second kappa shape index (κ2) is 7.41. The third-order valence-electron chi connectivity index (χ3n) is 4.33. The summed E-state index contributed by atoms with van der Waals surface area (Å²) >= 11 is 0. The van der Waals surface area contributed by atoms with Crippen molar-refractivity contribution in [1.29, 1.82) is 0 Å². The molecule has 0 fully saturated rings. The van der Waals surface area contributed by atoms with Gasteiger partial charge in [0.2, 0.25) is 0 Å².